The van der Waals surface area contributed by atoms with Gasteiger partial charge in [0.05, 0.1) is 11.3 Å². The molecular formula is C23H27N3O2. The number of aryl methyl sites for hydroxylation is 1. The summed E-state index contributed by atoms with van der Waals surface area (Å²) in [7, 11) is 2.02. The van der Waals surface area contributed by atoms with Crippen LogP contribution < -0.4 is 10.2 Å². The van der Waals surface area contributed by atoms with Crippen LogP contribution in [0.15, 0.2) is 48.5 Å². The van der Waals surface area contributed by atoms with Crippen molar-refractivity contribution in [2.45, 2.75) is 38.3 Å². The van der Waals surface area contributed by atoms with Crippen LogP contribution in [0.5, 0.6) is 0 Å². The lowest BCUT2D eigenvalue weighted by Crippen LogP contribution is -2.55. The van der Waals surface area contributed by atoms with Crippen LogP contribution in [0.25, 0.3) is 0 Å². The minimum absolute atomic E-state index is 0.0808. The van der Waals surface area contributed by atoms with Gasteiger partial charge in [-0.25, -0.2) is 0 Å². The molecule has 0 unspecified atom stereocenters. The molecule has 0 bridgehead atoms. The Hall–Kier alpha value is -2.82. The minimum Gasteiger partial charge on any atom is -0.354 e. The van der Waals surface area contributed by atoms with Gasteiger partial charge in [0.2, 0.25) is 0 Å². The van der Waals surface area contributed by atoms with Crippen LogP contribution >= 0.6 is 0 Å². The number of benzene rings is 2. The molecule has 2 aliphatic rings. The zero-order valence-corrected chi connectivity index (χ0v) is 16.4. The Balaban J connectivity index is 1.41. The molecule has 5 nitrogen and oxygen atoms in total. The molecule has 5 heteroatoms. The summed E-state index contributed by atoms with van der Waals surface area (Å²) in [6, 6.07) is 15.7. The lowest BCUT2D eigenvalue weighted by atomic mass is 9.97. The summed E-state index contributed by atoms with van der Waals surface area (Å²) in [5.74, 6) is 0.00963. The molecule has 0 spiro atoms. The van der Waals surface area contributed by atoms with Gasteiger partial charge in [0.25, 0.3) is 11.8 Å². The molecule has 2 aromatic carbocycles. The van der Waals surface area contributed by atoms with Crippen molar-refractivity contribution in [2.24, 2.45) is 0 Å². The highest BCUT2D eigenvalue weighted by Gasteiger charge is 2.37. The molecule has 4 rings (SSSR count). The maximum atomic E-state index is 12.8. The number of anilines is 1. The fourth-order valence-electron chi connectivity index (χ4n) is 4.26. The highest BCUT2D eigenvalue weighted by atomic mass is 16.2. The molecule has 1 atom stereocenters. The van der Waals surface area contributed by atoms with E-state index < -0.39 is 0 Å². The molecule has 1 fully saturated rings. The fourth-order valence-corrected chi connectivity index (χ4v) is 4.26. The Labute approximate surface area is 166 Å². The van der Waals surface area contributed by atoms with Gasteiger partial charge >= 0.3 is 0 Å². The number of rotatable bonds is 5. The standard InChI is InChI=1S/C23H27N3O2/c1-25-20-16-18(22(27)24-14-7-10-17-8-3-2-4-9-17)12-13-19(20)23(28)26-15-6-5-11-21(25)26/h2-4,8-9,12-13,16,21H,5-7,10-11,14-15H2,1H3,(H,24,27)/t21-/m1/s1. The number of carbonyl (C=O) groups is 2. The fraction of sp³-hybridized carbons (Fsp3) is 0.391. The summed E-state index contributed by atoms with van der Waals surface area (Å²) in [6.07, 6.45) is 5.14. The van der Waals surface area contributed by atoms with Gasteiger partial charge in [0.15, 0.2) is 0 Å². The van der Waals surface area contributed by atoms with E-state index in [9.17, 15) is 9.59 Å². The van der Waals surface area contributed by atoms with Crippen LogP contribution in [0.1, 0.15) is 52.0 Å². The van der Waals surface area contributed by atoms with E-state index in [1.54, 1.807) is 12.1 Å². The van der Waals surface area contributed by atoms with Crippen molar-refractivity contribution >= 4 is 17.5 Å². The van der Waals surface area contributed by atoms with Gasteiger partial charge in [-0.15, -0.1) is 0 Å². The summed E-state index contributed by atoms with van der Waals surface area (Å²) < 4.78 is 0. The Morgan fingerprint density at radius 3 is 2.79 bits per heavy atom. The van der Waals surface area contributed by atoms with E-state index in [1.165, 1.54) is 5.56 Å². The molecule has 28 heavy (non-hydrogen) atoms. The van der Waals surface area contributed by atoms with Gasteiger partial charge in [-0.1, -0.05) is 30.3 Å². The third-order valence-electron chi connectivity index (χ3n) is 5.82. The highest BCUT2D eigenvalue weighted by Crippen LogP contribution is 2.34. The van der Waals surface area contributed by atoms with Crippen LogP contribution in [0.2, 0.25) is 0 Å². The largest absolute Gasteiger partial charge is 0.354 e. The minimum atomic E-state index is -0.0808. The molecular weight excluding hydrogens is 350 g/mol. The van der Waals surface area contributed by atoms with Crippen molar-refractivity contribution in [3.05, 3.63) is 65.2 Å². The van der Waals surface area contributed by atoms with Crippen molar-refractivity contribution < 1.29 is 9.59 Å². The lowest BCUT2D eigenvalue weighted by molar-refractivity contribution is 0.0589. The molecule has 2 aromatic rings. The molecule has 1 saturated heterocycles. The second kappa shape index (κ2) is 8.05. The van der Waals surface area contributed by atoms with E-state index in [4.69, 9.17) is 0 Å². The third kappa shape index (κ3) is 3.61. The molecule has 2 amide bonds. The van der Waals surface area contributed by atoms with Crippen LogP contribution in [0, 0.1) is 0 Å². The first-order valence-electron chi connectivity index (χ1n) is 10.1. The Morgan fingerprint density at radius 2 is 1.96 bits per heavy atom. The molecule has 2 aliphatic heterocycles. The maximum absolute atomic E-state index is 12.8. The van der Waals surface area contributed by atoms with Crippen molar-refractivity contribution in [3.8, 4) is 0 Å². The van der Waals surface area contributed by atoms with Crippen LogP contribution in [-0.4, -0.2) is 43.0 Å². The second-order valence-corrected chi connectivity index (χ2v) is 7.66. The van der Waals surface area contributed by atoms with Crippen LogP contribution in [0.3, 0.4) is 0 Å². The van der Waals surface area contributed by atoms with Crippen molar-refractivity contribution in [2.75, 3.05) is 25.0 Å². The molecule has 0 saturated carbocycles. The second-order valence-electron chi connectivity index (χ2n) is 7.66. The summed E-state index contributed by atoms with van der Waals surface area (Å²) in [4.78, 5) is 29.5. The Bertz CT molecular complexity index is 865. The predicted octanol–water partition coefficient (Wildman–Crippen LogP) is 3.45. The zero-order valence-electron chi connectivity index (χ0n) is 16.4. The third-order valence-corrected chi connectivity index (χ3v) is 5.82. The van der Waals surface area contributed by atoms with Crippen LogP contribution in [-0.2, 0) is 6.42 Å². The first kappa shape index (κ1) is 18.5. The van der Waals surface area contributed by atoms with E-state index in [-0.39, 0.29) is 18.0 Å². The molecule has 146 valence electrons. The smallest absolute Gasteiger partial charge is 0.257 e. The number of nitrogens with zero attached hydrogens (tertiary/aromatic N) is 2. The summed E-state index contributed by atoms with van der Waals surface area (Å²) in [6.45, 7) is 1.45. The maximum Gasteiger partial charge on any atom is 0.257 e. The monoisotopic (exact) mass is 377 g/mol. The number of fused-ring (bicyclic) bond motifs is 2. The Morgan fingerprint density at radius 1 is 1.14 bits per heavy atom. The molecule has 0 aromatic heterocycles. The topological polar surface area (TPSA) is 52.7 Å². The predicted molar refractivity (Wildman–Crippen MR) is 111 cm³/mol. The number of amides is 2. The lowest BCUT2D eigenvalue weighted by Gasteiger charge is -2.46. The van der Waals surface area contributed by atoms with Gasteiger partial charge < -0.3 is 15.1 Å². The number of hydrogen-bond acceptors (Lipinski definition) is 3. The van der Waals surface area contributed by atoms with Gasteiger partial charge in [-0.2, -0.15) is 0 Å². The van der Waals surface area contributed by atoms with E-state index in [0.717, 1.165) is 44.3 Å². The van der Waals surface area contributed by atoms with Gasteiger partial charge in [-0.05, 0) is 55.9 Å². The number of nitrogens with one attached hydrogen (secondary N) is 1. The van der Waals surface area contributed by atoms with Gasteiger partial charge in [0.1, 0.15) is 6.17 Å². The molecule has 1 N–H and O–H groups in total. The first-order chi connectivity index (χ1) is 13.6. The number of carbonyl (C=O) groups excluding carboxylic acids is 2. The number of hydrogen-bond donors (Lipinski definition) is 1. The highest BCUT2D eigenvalue weighted by molar-refractivity contribution is 6.04. The SMILES string of the molecule is CN1c2cc(C(=O)NCCCc3ccccc3)ccc2C(=O)N2CCCC[C@@H]21. The van der Waals surface area contributed by atoms with Gasteiger partial charge in [0, 0.05) is 25.7 Å². The van der Waals surface area contributed by atoms with Crippen molar-refractivity contribution in [1.29, 1.82) is 0 Å². The normalized spacial score (nSPS) is 18.5. The van der Waals surface area contributed by atoms with E-state index in [0.29, 0.717) is 17.7 Å². The van der Waals surface area contributed by atoms with E-state index in [1.807, 2.05) is 36.2 Å². The van der Waals surface area contributed by atoms with E-state index >= 15 is 0 Å². The molecule has 2 heterocycles. The number of piperidine rings is 1. The summed E-state index contributed by atoms with van der Waals surface area (Å²) >= 11 is 0. The summed E-state index contributed by atoms with van der Waals surface area (Å²) in [5.41, 5.74) is 3.46. The summed E-state index contributed by atoms with van der Waals surface area (Å²) in [5, 5.41) is 3.01. The van der Waals surface area contributed by atoms with Crippen molar-refractivity contribution in [1.82, 2.24) is 10.2 Å². The average Bonchev–Trinajstić information content (AvgIpc) is 2.75. The van der Waals surface area contributed by atoms with Gasteiger partial charge in [-0.3, -0.25) is 9.59 Å². The van der Waals surface area contributed by atoms with Crippen LogP contribution in [0.4, 0.5) is 5.69 Å². The average molecular weight is 377 g/mol. The Kier molecular flexibility index (Phi) is 5.33. The molecule has 0 radical (unpaired) electrons. The quantitative estimate of drug-likeness (QED) is 0.812. The van der Waals surface area contributed by atoms with Crippen molar-refractivity contribution in [3.63, 3.8) is 0 Å². The first-order valence-corrected chi connectivity index (χ1v) is 10.1. The molecule has 0 aliphatic carbocycles. The van der Waals surface area contributed by atoms with E-state index in [2.05, 4.69) is 22.3 Å². The zero-order chi connectivity index (χ0) is 19.5.